The average molecular weight is 360 g/mol. The fraction of sp³-hybridized carbons (Fsp3) is 0.100. The number of thioether (sulfide) groups is 1. The predicted octanol–water partition coefficient (Wildman–Crippen LogP) is 3.86. The maximum Gasteiger partial charge on any atom is 0.283 e. The Kier molecular flexibility index (Phi) is 4.26. The molecule has 0 saturated carbocycles. The lowest BCUT2D eigenvalue weighted by Gasteiger charge is -2.20. The fourth-order valence-corrected chi connectivity index (χ4v) is 3.70. The van der Waals surface area contributed by atoms with Crippen LogP contribution in [0.15, 0.2) is 70.3 Å². The van der Waals surface area contributed by atoms with Crippen molar-refractivity contribution in [2.45, 2.75) is 13.3 Å². The molecule has 0 atom stereocenters. The molecule has 1 amide bonds. The van der Waals surface area contributed by atoms with Gasteiger partial charge >= 0.3 is 0 Å². The van der Waals surface area contributed by atoms with Crippen LogP contribution in [-0.4, -0.2) is 27.0 Å². The number of hydrogen-bond acceptors (Lipinski definition) is 4. The molecule has 26 heavy (non-hydrogen) atoms. The van der Waals surface area contributed by atoms with Gasteiger partial charge in [0.05, 0.1) is 5.57 Å². The molecule has 128 valence electrons. The molecule has 2 aromatic rings. The number of nitrogens with zero attached hydrogens (tertiary/aromatic N) is 3. The Labute approximate surface area is 155 Å². The Morgan fingerprint density at radius 1 is 1.12 bits per heavy atom. The summed E-state index contributed by atoms with van der Waals surface area (Å²) in [5, 5.41) is 15.7. The summed E-state index contributed by atoms with van der Waals surface area (Å²) in [7, 11) is 0. The first kappa shape index (κ1) is 16.5. The fourth-order valence-electron chi connectivity index (χ4n) is 2.78. The molecule has 0 spiro atoms. The van der Waals surface area contributed by atoms with Crippen LogP contribution < -0.4 is 0 Å². The molecule has 0 fully saturated rings. The van der Waals surface area contributed by atoms with E-state index in [0.29, 0.717) is 11.6 Å². The molecule has 2 heterocycles. The van der Waals surface area contributed by atoms with Crippen molar-refractivity contribution in [1.29, 1.82) is 5.41 Å². The molecule has 2 aliphatic rings. The third-order valence-corrected chi connectivity index (χ3v) is 5.09. The highest BCUT2D eigenvalue weighted by Crippen LogP contribution is 2.29. The normalized spacial score (nSPS) is 18.0. The van der Waals surface area contributed by atoms with Crippen molar-refractivity contribution in [2.75, 3.05) is 0 Å². The number of carbonyl (C=O) groups is 1. The van der Waals surface area contributed by atoms with E-state index in [4.69, 9.17) is 5.41 Å². The summed E-state index contributed by atoms with van der Waals surface area (Å²) in [6.45, 7) is 1.97. The van der Waals surface area contributed by atoms with Crippen LogP contribution in [0.25, 0.3) is 6.08 Å². The number of amidine groups is 2. The van der Waals surface area contributed by atoms with Crippen LogP contribution in [0, 0.1) is 12.3 Å². The van der Waals surface area contributed by atoms with Crippen molar-refractivity contribution in [3.8, 4) is 0 Å². The molecule has 0 radical (unpaired) electrons. The van der Waals surface area contributed by atoms with Crippen LogP contribution in [0.5, 0.6) is 0 Å². The topological polar surface area (TPSA) is 68.9 Å². The largest absolute Gasteiger partial charge is 0.283 e. The molecule has 5 nitrogen and oxygen atoms in total. The number of fused-ring (bicyclic) bond motifs is 1. The molecule has 0 aromatic heterocycles. The number of nitrogens with one attached hydrogen (secondary N) is 1. The van der Waals surface area contributed by atoms with Gasteiger partial charge in [0.25, 0.3) is 5.91 Å². The Morgan fingerprint density at radius 3 is 2.62 bits per heavy atom. The van der Waals surface area contributed by atoms with Gasteiger partial charge in [0, 0.05) is 6.42 Å². The maximum absolute atomic E-state index is 12.4. The van der Waals surface area contributed by atoms with Gasteiger partial charge in [0.2, 0.25) is 5.17 Å². The van der Waals surface area contributed by atoms with Crippen LogP contribution >= 0.6 is 11.8 Å². The summed E-state index contributed by atoms with van der Waals surface area (Å²) in [6.07, 6.45) is 2.37. The van der Waals surface area contributed by atoms with Crippen LogP contribution in [0.3, 0.4) is 0 Å². The zero-order valence-electron chi connectivity index (χ0n) is 14.1. The maximum atomic E-state index is 12.4. The highest BCUT2D eigenvalue weighted by atomic mass is 32.2. The van der Waals surface area contributed by atoms with Crippen molar-refractivity contribution in [2.24, 2.45) is 10.1 Å². The van der Waals surface area contributed by atoms with Crippen molar-refractivity contribution in [3.05, 3.63) is 76.9 Å². The van der Waals surface area contributed by atoms with Crippen LogP contribution in [0.1, 0.15) is 16.7 Å². The second-order valence-electron chi connectivity index (χ2n) is 6.03. The van der Waals surface area contributed by atoms with E-state index < -0.39 is 5.91 Å². The molecule has 1 N–H and O–H groups in total. The number of carbonyl (C=O) groups excluding carboxylic acids is 1. The average Bonchev–Trinajstić information content (AvgIpc) is 3.03. The molecule has 0 bridgehead atoms. The van der Waals surface area contributed by atoms with E-state index in [9.17, 15) is 4.79 Å². The van der Waals surface area contributed by atoms with Crippen LogP contribution in [0.4, 0.5) is 0 Å². The highest BCUT2D eigenvalue weighted by Gasteiger charge is 2.35. The molecule has 2 aliphatic heterocycles. The van der Waals surface area contributed by atoms with Gasteiger partial charge in [-0.1, -0.05) is 54.6 Å². The lowest BCUT2D eigenvalue weighted by atomic mass is 10.0. The number of aliphatic imine (C=N–C) groups is 1. The number of benzene rings is 2. The van der Waals surface area contributed by atoms with Crippen LogP contribution in [0.2, 0.25) is 0 Å². The number of rotatable bonds is 3. The minimum absolute atomic E-state index is 0.0683. The summed E-state index contributed by atoms with van der Waals surface area (Å²) in [5.74, 6) is -0.327. The van der Waals surface area contributed by atoms with Crippen LogP contribution in [-0.2, 0) is 11.2 Å². The number of hydrazone groups is 1. The van der Waals surface area contributed by atoms with Gasteiger partial charge in [-0.05, 0) is 41.5 Å². The number of amides is 1. The van der Waals surface area contributed by atoms with Gasteiger partial charge in [-0.15, -0.1) is 0 Å². The van der Waals surface area contributed by atoms with E-state index in [2.05, 4.69) is 10.1 Å². The summed E-state index contributed by atoms with van der Waals surface area (Å²) >= 11 is 1.35. The van der Waals surface area contributed by atoms with Gasteiger partial charge in [-0.3, -0.25) is 10.2 Å². The molecule has 2 aromatic carbocycles. The Hall–Kier alpha value is -2.99. The van der Waals surface area contributed by atoms with Crippen molar-refractivity contribution < 1.29 is 4.79 Å². The van der Waals surface area contributed by atoms with Gasteiger partial charge in [0.15, 0.2) is 5.84 Å². The minimum Gasteiger partial charge on any atom is -0.282 e. The van der Waals surface area contributed by atoms with E-state index in [1.54, 1.807) is 6.08 Å². The smallest absolute Gasteiger partial charge is 0.282 e. The van der Waals surface area contributed by atoms with Crippen molar-refractivity contribution in [1.82, 2.24) is 5.01 Å². The molecule has 0 saturated heterocycles. The third-order valence-electron chi connectivity index (χ3n) is 4.18. The van der Waals surface area contributed by atoms with Gasteiger partial charge in [0.1, 0.15) is 5.04 Å². The van der Waals surface area contributed by atoms with Gasteiger partial charge in [-0.2, -0.15) is 15.1 Å². The molecule has 0 aliphatic carbocycles. The molecular weight excluding hydrogens is 344 g/mol. The first-order chi connectivity index (χ1) is 12.6. The minimum atomic E-state index is -0.395. The second-order valence-corrected chi connectivity index (χ2v) is 7.07. The summed E-state index contributed by atoms with van der Waals surface area (Å²) in [5.41, 5.74) is 3.33. The van der Waals surface area contributed by atoms with E-state index in [1.165, 1.54) is 16.8 Å². The number of hydrogen-bond donors (Lipinski definition) is 1. The van der Waals surface area contributed by atoms with E-state index in [0.717, 1.165) is 21.7 Å². The molecule has 0 unspecified atom stereocenters. The van der Waals surface area contributed by atoms with Crippen molar-refractivity contribution >= 4 is 39.8 Å². The first-order valence-electron chi connectivity index (χ1n) is 8.20. The zero-order chi connectivity index (χ0) is 18.1. The zero-order valence-corrected chi connectivity index (χ0v) is 15.0. The number of aryl methyl sites for hydroxylation is 1. The molecular formula is C20H16N4OS. The van der Waals surface area contributed by atoms with Gasteiger partial charge in [-0.25, -0.2) is 0 Å². The van der Waals surface area contributed by atoms with E-state index in [-0.39, 0.29) is 11.4 Å². The Bertz CT molecular complexity index is 992. The third kappa shape index (κ3) is 3.11. The SMILES string of the molecule is Cc1ccccc1/C=C1/C(=N)N2N=C(Cc3ccccc3)SC2=NC1=O. The quantitative estimate of drug-likeness (QED) is 0.845. The summed E-state index contributed by atoms with van der Waals surface area (Å²) in [4.78, 5) is 16.6. The monoisotopic (exact) mass is 360 g/mol. The molecule has 6 heteroatoms. The Balaban J connectivity index is 1.63. The van der Waals surface area contributed by atoms with E-state index >= 15 is 0 Å². The standard InChI is InChI=1S/C20H16N4OS/c1-13-7-5-6-10-15(13)12-16-18(21)24-20(22-19(16)25)26-17(23-24)11-14-8-3-2-4-9-14/h2-10,12,21H,11H2,1H3/b16-12-,21-18?. The highest BCUT2D eigenvalue weighted by molar-refractivity contribution is 8.26. The second kappa shape index (κ2) is 6.72. The lowest BCUT2D eigenvalue weighted by molar-refractivity contribution is -0.114. The Morgan fingerprint density at radius 2 is 1.85 bits per heavy atom. The van der Waals surface area contributed by atoms with Gasteiger partial charge < -0.3 is 0 Å². The predicted molar refractivity (Wildman–Crippen MR) is 106 cm³/mol. The van der Waals surface area contributed by atoms with E-state index in [1.807, 2.05) is 61.5 Å². The summed E-state index contributed by atoms with van der Waals surface area (Å²) < 4.78 is 0. The summed E-state index contributed by atoms with van der Waals surface area (Å²) in [6, 6.07) is 17.7. The first-order valence-corrected chi connectivity index (χ1v) is 9.02. The van der Waals surface area contributed by atoms with Crippen molar-refractivity contribution in [3.63, 3.8) is 0 Å². The molecule has 4 rings (SSSR count). The lowest BCUT2D eigenvalue weighted by Crippen LogP contribution is -2.35.